The van der Waals surface area contributed by atoms with Crippen LogP contribution in [0.25, 0.3) is 0 Å². The van der Waals surface area contributed by atoms with Crippen molar-refractivity contribution in [2.75, 3.05) is 14.2 Å². The predicted octanol–water partition coefficient (Wildman–Crippen LogP) is 13.1. The smallest absolute Gasteiger partial charge is 0.312 e. The molecule has 0 N–H and O–H groups in total. The van der Waals surface area contributed by atoms with Crippen LogP contribution in [-0.4, -0.2) is 49.3 Å². The van der Waals surface area contributed by atoms with E-state index in [1.165, 1.54) is 14.2 Å². The molecule has 10 rings (SSSR count). The average Bonchev–Trinajstić information content (AvgIpc) is 3.27. The second-order valence-corrected chi connectivity index (χ2v) is 30.1. The molecule has 10 aliphatic carbocycles. The van der Waals surface area contributed by atoms with Gasteiger partial charge in [-0.1, -0.05) is 120 Å². The highest BCUT2D eigenvalue weighted by Crippen LogP contribution is 2.77. The van der Waals surface area contributed by atoms with Crippen LogP contribution in [0, 0.1) is 100 Å². The molecule has 0 heterocycles. The molecular weight excluding hydrogens is 885 g/mol. The molecule has 8 heteroatoms. The minimum Gasteiger partial charge on any atom is -0.469 e. The Labute approximate surface area is 426 Å². The number of Topliss-reactive ketones (excluding diaryl/α,β-unsaturated/α-hetero) is 2. The average molecular weight is 973 g/mol. The maximum absolute atomic E-state index is 15.8. The Morgan fingerprint density at radius 3 is 1.37 bits per heavy atom. The first-order valence-corrected chi connectivity index (χ1v) is 27.9. The highest BCUT2D eigenvalue weighted by Gasteiger charge is 2.73. The summed E-state index contributed by atoms with van der Waals surface area (Å²) in [6, 6.07) is 0. The zero-order valence-corrected chi connectivity index (χ0v) is 46.6. The lowest BCUT2D eigenvalue weighted by atomic mass is 9.34. The maximum Gasteiger partial charge on any atom is 0.312 e. The van der Waals surface area contributed by atoms with Crippen molar-refractivity contribution in [3.8, 4) is 0 Å². The van der Waals surface area contributed by atoms with Crippen LogP contribution in [0.3, 0.4) is 0 Å². The van der Waals surface area contributed by atoms with E-state index in [1.807, 2.05) is 32.1 Å². The van der Waals surface area contributed by atoms with E-state index in [0.717, 1.165) is 88.2 Å². The molecule has 0 bridgehead atoms. The fourth-order valence-corrected chi connectivity index (χ4v) is 21.0. The number of esters is 2. The number of rotatable bonds is 4. The number of ether oxygens (including phenoxy) is 2. The summed E-state index contributed by atoms with van der Waals surface area (Å²) in [6.45, 7) is 31.6. The van der Waals surface area contributed by atoms with Gasteiger partial charge in [0.05, 0.1) is 30.6 Å². The number of allylic oxidation sites excluding steroid dienone is 8. The highest BCUT2D eigenvalue weighted by molar-refractivity contribution is 6.28. The summed E-state index contributed by atoms with van der Waals surface area (Å²) in [7, 11) is 2.99. The predicted molar refractivity (Wildman–Crippen MR) is 275 cm³/mol. The number of carbonyl (C=O) groups is 6. The summed E-state index contributed by atoms with van der Waals surface area (Å²) in [5.74, 6) is -1.35. The number of carbonyl (C=O) groups excluding carboxylic acids is 6. The molecule has 0 spiro atoms. The van der Waals surface area contributed by atoms with Gasteiger partial charge in [0, 0.05) is 28.1 Å². The van der Waals surface area contributed by atoms with Gasteiger partial charge in [-0.15, -0.1) is 0 Å². The van der Waals surface area contributed by atoms with Crippen molar-refractivity contribution >= 4 is 35.1 Å². The van der Waals surface area contributed by atoms with E-state index in [2.05, 4.69) is 89.2 Å². The molecule has 0 radical (unpaired) electrons. The Hall–Kier alpha value is -3.42. The third-order valence-corrected chi connectivity index (χ3v) is 25.1. The molecule has 6 saturated carbocycles. The lowest BCUT2D eigenvalue weighted by Gasteiger charge is -2.69. The van der Waals surface area contributed by atoms with Crippen molar-refractivity contribution in [1.29, 1.82) is 0 Å². The van der Waals surface area contributed by atoms with E-state index in [0.29, 0.717) is 24.8 Å². The third kappa shape index (κ3) is 6.32. The van der Waals surface area contributed by atoms with Gasteiger partial charge in [-0.2, -0.15) is 0 Å². The summed E-state index contributed by atoms with van der Waals surface area (Å²) in [6.07, 6.45) is 19.9. The molecule has 0 aliphatic heterocycles. The second kappa shape index (κ2) is 15.1. The normalized spacial score (nSPS) is 47.5. The standard InChI is InChI=1S/C63H88O8/c1-52(2)21-25-62(50(68)70-15)27-23-60(13)46(38(62)34-52)40(64)29-44-56(9)32-36(31-54(5,6)42(56)17-19-58(44,60)11)48(66)37-33-57(10)43(55(7,8)49(37)67)18-20-59(12)45(57)30-41(65)47-39-35-53(3,4)22-26-63(39,51(69)71-16)28-24-61(47,59)14/h29-30,32-33,38-39,42-43,46-47H,17-28,31,34-35H2,1-16H3. The van der Waals surface area contributed by atoms with Crippen LogP contribution >= 0.6 is 0 Å². The molecule has 0 aromatic heterocycles. The monoisotopic (exact) mass is 973 g/mol. The number of ketones is 4. The van der Waals surface area contributed by atoms with Gasteiger partial charge in [-0.3, -0.25) is 28.8 Å². The minimum atomic E-state index is -0.881. The van der Waals surface area contributed by atoms with E-state index in [9.17, 15) is 9.59 Å². The Bertz CT molecular complexity index is 2580. The van der Waals surface area contributed by atoms with Crippen molar-refractivity contribution in [3.63, 3.8) is 0 Å². The number of fused-ring (bicyclic) bond motifs is 14. The van der Waals surface area contributed by atoms with Gasteiger partial charge in [0.15, 0.2) is 23.1 Å². The molecule has 6 fully saturated rings. The maximum atomic E-state index is 15.8. The molecule has 0 saturated heterocycles. The van der Waals surface area contributed by atoms with E-state index < -0.39 is 43.3 Å². The van der Waals surface area contributed by atoms with Crippen molar-refractivity contribution in [3.05, 3.63) is 46.6 Å². The Morgan fingerprint density at radius 1 is 0.521 bits per heavy atom. The van der Waals surface area contributed by atoms with Crippen molar-refractivity contribution in [2.24, 2.45) is 100 Å². The van der Waals surface area contributed by atoms with Gasteiger partial charge in [-0.25, -0.2) is 0 Å². The lowest BCUT2D eigenvalue weighted by molar-refractivity contribution is -0.192. The first-order chi connectivity index (χ1) is 32.7. The molecule has 14 unspecified atom stereocenters. The molecule has 0 amide bonds. The summed E-state index contributed by atoms with van der Waals surface area (Å²) in [5, 5.41) is 0. The van der Waals surface area contributed by atoms with Gasteiger partial charge in [0.25, 0.3) is 0 Å². The number of hydrogen-bond donors (Lipinski definition) is 0. The van der Waals surface area contributed by atoms with Crippen LogP contribution in [0.1, 0.15) is 193 Å². The van der Waals surface area contributed by atoms with Crippen LogP contribution < -0.4 is 0 Å². The quantitative estimate of drug-likeness (QED) is 0.202. The summed E-state index contributed by atoms with van der Waals surface area (Å²) in [5.41, 5.74) is -2.56. The van der Waals surface area contributed by atoms with Gasteiger partial charge in [-0.05, 0) is 176 Å². The first-order valence-electron chi connectivity index (χ1n) is 27.9. The minimum absolute atomic E-state index is 0.00169. The molecule has 71 heavy (non-hydrogen) atoms. The molecule has 0 aromatic rings. The van der Waals surface area contributed by atoms with Gasteiger partial charge in [0.2, 0.25) is 0 Å². The van der Waals surface area contributed by atoms with Crippen LogP contribution in [-0.2, 0) is 38.2 Å². The Balaban J connectivity index is 1.07. The molecule has 0 aromatic carbocycles. The van der Waals surface area contributed by atoms with Gasteiger partial charge < -0.3 is 9.47 Å². The molecule has 14 atom stereocenters. The van der Waals surface area contributed by atoms with Crippen molar-refractivity contribution in [1.82, 2.24) is 0 Å². The Morgan fingerprint density at radius 2 is 0.930 bits per heavy atom. The largest absolute Gasteiger partial charge is 0.469 e. The number of hydrogen-bond acceptors (Lipinski definition) is 8. The van der Waals surface area contributed by atoms with E-state index >= 15 is 19.2 Å². The summed E-state index contributed by atoms with van der Waals surface area (Å²) >= 11 is 0. The topological polar surface area (TPSA) is 121 Å². The summed E-state index contributed by atoms with van der Waals surface area (Å²) in [4.78, 5) is 89.5. The molecule has 10 aliphatic rings. The second-order valence-electron chi connectivity index (χ2n) is 30.1. The van der Waals surface area contributed by atoms with Crippen LogP contribution in [0.15, 0.2) is 46.6 Å². The van der Waals surface area contributed by atoms with Gasteiger partial charge in [0.1, 0.15) is 0 Å². The van der Waals surface area contributed by atoms with Crippen LogP contribution in [0.4, 0.5) is 0 Å². The highest BCUT2D eigenvalue weighted by atomic mass is 16.5. The zero-order chi connectivity index (χ0) is 52.1. The SMILES string of the molecule is COC(=O)C12CCC(C)(C)CC1C1C(=O)C=C3C4(C)C=C(C(=O)C5=CC6(C)C7=CC(=O)C8C9CC(C)(C)CCC9(C(=O)OC)CCC8(C)C7(C)CCC6C(C)(C)C5=O)CC(C)(C)C4CCC3(C)C1(C)CC2. The van der Waals surface area contributed by atoms with Gasteiger partial charge >= 0.3 is 11.9 Å². The van der Waals surface area contributed by atoms with Crippen LogP contribution in [0.5, 0.6) is 0 Å². The number of methoxy groups -OCH3 is 2. The van der Waals surface area contributed by atoms with E-state index in [1.54, 1.807) is 0 Å². The third-order valence-electron chi connectivity index (χ3n) is 25.1. The van der Waals surface area contributed by atoms with Crippen LogP contribution in [0.2, 0.25) is 0 Å². The first kappa shape index (κ1) is 51.1. The Kier molecular flexibility index (Phi) is 10.9. The molecular formula is C63H88O8. The molecule has 388 valence electrons. The summed E-state index contributed by atoms with van der Waals surface area (Å²) < 4.78 is 11.2. The fourth-order valence-electron chi connectivity index (χ4n) is 21.0. The van der Waals surface area contributed by atoms with E-state index in [4.69, 9.17) is 9.47 Å². The zero-order valence-electron chi connectivity index (χ0n) is 46.6. The lowest BCUT2D eigenvalue weighted by Crippen LogP contribution is -2.66. The molecule has 8 nitrogen and oxygen atoms in total. The fraction of sp³-hybridized carbons (Fsp3) is 0.778. The van der Waals surface area contributed by atoms with Crippen molar-refractivity contribution < 1.29 is 38.2 Å². The van der Waals surface area contributed by atoms with Crippen molar-refractivity contribution in [2.45, 2.75) is 193 Å². The van der Waals surface area contributed by atoms with E-state index in [-0.39, 0.29) is 97.8 Å².